The number of aromatic nitrogens is 2. The Morgan fingerprint density at radius 3 is 2.86 bits per heavy atom. The third-order valence-electron chi connectivity index (χ3n) is 1.87. The maximum atomic E-state index is 4.37. The third kappa shape index (κ3) is 2.57. The minimum absolute atomic E-state index is 0.645. The number of anilines is 2. The molecule has 0 unspecified atom stereocenters. The molecule has 1 aromatic rings. The van der Waals surface area contributed by atoms with Crippen molar-refractivity contribution >= 4 is 27.7 Å². The molecule has 0 amide bonds. The quantitative estimate of drug-likeness (QED) is 0.899. The molecule has 0 spiro atoms. The van der Waals surface area contributed by atoms with Gasteiger partial charge in [-0.05, 0) is 22.4 Å². The Morgan fingerprint density at radius 1 is 1.57 bits per heavy atom. The van der Waals surface area contributed by atoms with Crippen LogP contribution in [0.5, 0.6) is 0 Å². The number of halogens is 1. The fourth-order valence-electron chi connectivity index (χ4n) is 1.19. The van der Waals surface area contributed by atoms with Gasteiger partial charge < -0.3 is 10.2 Å². The highest BCUT2D eigenvalue weighted by atomic mass is 79.9. The van der Waals surface area contributed by atoms with Gasteiger partial charge >= 0.3 is 0 Å². The molecular formula is C9H15BrN4. The van der Waals surface area contributed by atoms with Crippen LogP contribution < -0.4 is 10.2 Å². The van der Waals surface area contributed by atoms with Gasteiger partial charge in [-0.1, -0.05) is 6.92 Å². The van der Waals surface area contributed by atoms with Gasteiger partial charge in [-0.15, -0.1) is 0 Å². The van der Waals surface area contributed by atoms with Crippen molar-refractivity contribution in [2.24, 2.45) is 0 Å². The summed E-state index contributed by atoms with van der Waals surface area (Å²) in [6.45, 7) is 3.13. The van der Waals surface area contributed by atoms with Crippen LogP contribution in [-0.4, -0.2) is 30.6 Å². The molecule has 4 nitrogen and oxygen atoms in total. The van der Waals surface area contributed by atoms with Crippen molar-refractivity contribution < 1.29 is 0 Å². The van der Waals surface area contributed by atoms with E-state index in [1.54, 1.807) is 6.20 Å². The van der Waals surface area contributed by atoms with Crippen LogP contribution in [0.2, 0.25) is 0 Å². The van der Waals surface area contributed by atoms with E-state index in [1.807, 2.05) is 14.1 Å². The molecule has 1 aromatic heterocycles. The second-order valence-electron chi connectivity index (χ2n) is 3.04. The van der Waals surface area contributed by atoms with E-state index in [2.05, 4.69) is 43.0 Å². The number of hydrogen-bond donors (Lipinski definition) is 1. The Morgan fingerprint density at radius 2 is 2.29 bits per heavy atom. The lowest BCUT2D eigenvalue weighted by Gasteiger charge is -2.18. The van der Waals surface area contributed by atoms with Gasteiger partial charge in [-0.2, -0.15) is 4.98 Å². The average Bonchev–Trinajstić information content (AvgIpc) is 2.19. The summed E-state index contributed by atoms with van der Waals surface area (Å²) in [6.07, 6.45) is 2.86. The molecule has 0 radical (unpaired) electrons. The second kappa shape index (κ2) is 5.14. The molecule has 0 aliphatic carbocycles. The van der Waals surface area contributed by atoms with Crippen LogP contribution in [0.15, 0.2) is 10.7 Å². The van der Waals surface area contributed by atoms with E-state index in [1.165, 1.54) is 0 Å². The SMILES string of the molecule is CCCN(C)c1nc(NC)ncc1Br. The highest BCUT2D eigenvalue weighted by Crippen LogP contribution is 2.23. The summed E-state index contributed by atoms with van der Waals surface area (Å²) in [6, 6.07) is 0. The zero-order valence-corrected chi connectivity index (χ0v) is 10.3. The number of nitrogens with zero attached hydrogens (tertiary/aromatic N) is 3. The summed E-state index contributed by atoms with van der Waals surface area (Å²) in [4.78, 5) is 10.6. The van der Waals surface area contributed by atoms with Crippen molar-refractivity contribution in [3.8, 4) is 0 Å². The Kier molecular flexibility index (Phi) is 4.13. The molecular weight excluding hydrogens is 244 g/mol. The maximum absolute atomic E-state index is 4.37. The molecule has 14 heavy (non-hydrogen) atoms. The van der Waals surface area contributed by atoms with Crippen LogP contribution in [0.3, 0.4) is 0 Å². The van der Waals surface area contributed by atoms with Gasteiger partial charge in [0.25, 0.3) is 0 Å². The van der Waals surface area contributed by atoms with Crippen LogP contribution in [0, 0.1) is 0 Å². The smallest absolute Gasteiger partial charge is 0.224 e. The molecule has 1 N–H and O–H groups in total. The van der Waals surface area contributed by atoms with Crippen LogP contribution >= 0.6 is 15.9 Å². The molecule has 5 heteroatoms. The van der Waals surface area contributed by atoms with E-state index >= 15 is 0 Å². The first kappa shape index (κ1) is 11.2. The number of rotatable bonds is 4. The van der Waals surface area contributed by atoms with Crippen molar-refractivity contribution in [3.63, 3.8) is 0 Å². The molecule has 1 rings (SSSR count). The fourth-order valence-corrected chi connectivity index (χ4v) is 1.68. The predicted molar refractivity (Wildman–Crippen MR) is 62.8 cm³/mol. The van der Waals surface area contributed by atoms with Gasteiger partial charge in [0.1, 0.15) is 5.82 Å². The Labute approximate surface area is 92.9 Å². The summed E-state index contributed by atoms with van der Waals surface area (Å²) in [5, 5.41) is 2.92. The van der Waals surface area contributed by atoms with Gasteiger partial charge in [0.2, 0.25) is 5.95 Å². The van der Waals surface area contributed by atoms with Crippen LogP contribution in [-0.2, 0) is 0 Å². The molecule has 0 aromatic carbocycles. The molecule has 0 bridgehead atoms. The van der Waals surface area contributed by atoms with Crippen molar-refractivity contribution in [1.82, 2.24) is 9.97 Å². The van der Waals surface area contributed by atoms with E-state index in [0.29, 0.717) is 5.95 Å². The van der Waals surface area contributed by atoms with Crippen molar-refractivity contribution in [3.05, 3.63) is 10.7 Å². The Balaban J connectivity index is 2.93. The van der Waals surface area contributed by atoms with E-state index in [4.69, 9.17) is 0 Å². The lowest BCUT2D eigenvalue weighted by atomic mass is 10.4. The average molecular weight is 259 g/mol. The minimum Gasteiger partial charge on any atom is -0.359 e. The van der Waals surface area contributed by atoms with Crippen molar-refractivity contribution in [2.75, 3.05) is 30.9 Å². The molecule has 78 valence electrons. The van der Waals surface area contributed by atoms with Gasteiger partial charge in [0.05, 0.1) is 4.47 Å². The first-order chi connectivity index (χ1) is 6.69. The van der Waals surface area contributed by atoms with E-state index in [0.717, 1.165) is 23.3 Å². The molecule has 0 aliphatic rings. The molecule has 0 aliphatic heterocycles. The fraction of sp³-hybridized carbons (Fsp3) is 0.556. The normalized spacial score (nSPS) is 10.0. The summed E-state index contributed by atoms with van der Waals surface area (Å²) in [5.74, 6) is 1.57. The van der Waals surface area contributed by atoms with Crippen LogP contribution in [0.1, 0.15) is 13.3 Å². The Hall–Kier alpha value is -0.840. The highest BCUT2D eigenvalue weighted by Gasteiger charge is 2.08. The summed E-state index contributed by atoms with van der Waals surface area (Å²) in [5.41, 5.74) is 0. The first-order valence-corrected chi connectivity index (χ1v) is 5.39. The van der Waals surface area contributed by atoms with E-state index in [-0.39, 0.29) is 0 Å². The molecule has 1 heterocycles. The van der Waals surface area contributed by atoms with Crippen LogP contribution in [0.25, 0.3) is 0 Å². The van der Waals surface area contributed by atoms with Gasteiger partial charge in [-0.25, -0.2) is 4.98 Å². The third-order valence-corrected chi connectivity index (χ3v) is 2.43. The zero-order chi connectivity index (χ0) is 10.6. The lowest BCUT2D eigenvalue weighted by Crippen LogP contribution is -2.20. The predicted octanol–water partition coefficient (Wildman–Crippen LogP) is 2.13. The summed E-state index contributed by atoms with van der Waals surface area (Å²) >= 11 is 3.44. The van der Waals surface area contributed by atoms with Crippen molar-refractivity contribution in [2.45, 2.75) is 13.3 Å². The zero-order valence-electron chi connectivity index (χ0n) is 8.71. The molecule has 0 saturated carbocycles. The molecule has 0 fully saturated rings. The van der Waals surface area contributed by atoms with Gasteiger partial charge in [0, 0.05) is 26.8 Å². The second-order valence-corrected chi connectivity index (χ2v) is 3.89. The largest absolute Gasteiger partial charge is 0.359 e. The van der Waals surface area contributed by atoms with Gasteiger partial charge in [-0.3, -0.25) is 0 Å². The number of hydrogen-bond acceptors (Lipinski definition) is 4. The highest BCUT2D eigenvalue weighted by molar-refractivity contribution is 9.10. The van der Waals surface area contributed by atoms with Crippen molar-refractivity contribution in [1.29, 1.82) is 0 Å². The standard InChI is InChI=1S/C9H15BrN4/c1-4-5-14(3)8-7(10)6-12-9(11-2)13-8/h6H,4-5H2,1-3H3,(H,11,12,13). The Bertz CT molecular complexity index is 303. The number of nitrogens with one attached hydrogen (secondary N) is 1. The van der Waals surface area contributed by atoms with Crippen LogP contribution in [0.4, 0.5) is 11.8 Å². The molecule has 0 atom stereocenters. The maximum Gasteiger partial charge on any atom is 0.224 e. The molecule has 0 saturated heterocycles. The van der Waals surface area contributed by atoms with Gasteiger partial charge in [0.15, 0.2) is 0 Å². The van der Waals surface area contributed by atoms with E-state index < -0.39 is 0 Å². The van der Waals surface area contributed by atoms with E-state index in [9.17, 15) is 0 Å². The first-order valence-electron chi connectivity index (χ1n) is 4.60. The monoisotopic (exact) mass is 258 g/mol. The summed E-state index contributed by atoms with van der Waals surface area (Å²) < 4.78 is 0.924. The lowest BCUT2D eigenvalue weighted by molar-refractivity contribution is 0.832. The minimum atomic E-state index is 0.645. The topological polar surface area (TPSA) is 41.1 Å². The summed E-state index contributed by atoms with van der Waals surface area (Å²) in [7, 11) is 3.84.